The van der Waals surface area contributed by atoms with Crippen LogP contribution in [0.3, 0.4) is 0 Å². The van der Waals surface area contributed by atoms with E-state index in [0.29, 0.717) is 6.61 Å². The number of aliphatic hydroxyl groups excluding tert-OH is 1. The van der Waals surface area contributed by atoms with Crippen LogP contribution >= 0.6 is 11.8 Å². The van der Waals surface area contributed by atoms with Gasteiger partial charge in [-0.3, -0.25) is 0 Å². The monoisotopic (exact) mass is 200 g/mol. The molecular weight excluding hydrogens is 180 g/mol. The van der Waals surface area contributed by atoms with Crippen LogP contribution in [-0.4, -0.2) is 23.2 Å². The molecule has 0 aromatic rings. The quantitative estimate of drug-likeness (QED) is 0.736. The van der Waals surface area contributed by atoms with Crippen LogP contribution < -0.4 is 0 Å². The number of thioether (sulfide) groups is 1. The van der Waals surface area contributed by atoms with E-state index in [9.17, 15) is 0 Å². The maximum atomic E-state index is 8.85. The highest BCUT2D eigenvalue weighted by Crippen LogP contribution is 2.46. The summed E-state index contributed by atoms with van der Waals surface area (Å²) in [6.07, 6.45) is 6.69. The van der Waals surface area contributed by atoms with Crippen LogP contribution in [0.2, 0.25) is 0 Å². The minimum atomic E-state index is 0.392. The number of rotatable bonds is 5. The van der Waals surface area contributed by atoms with Gasteiger partial charge < -0.3 is 5.11 Å². The maximum absolute atomic E-state index is 8.85. The van der Waals surface area contributed by atoms with Gasteiger partial charge in [0.25, 0.3) is 0 Å². The minimum absolute atomic E-state index is 0.392. The van der Waals surface area contributed by atoms with E-state index in [1.165, 1.54) is 37.2 Å². The molecule has 0 aromatic heterocycles. The molecule has 2 atom stereocenters. The van der Waals surface area contributed by atoms with E-state index in [0.717, 1.165) is 24.2 Å². The fourth-order valence-electron chi connectivity index (χ4n) is 2.60. The first kappa shape index (κ1) is 9.85. The molecule has 1 N–H and O–H groups in total. The molecular formula is C11H20OS. The zero-order valence-electron chi connectivity index (χ0n) is 8.24. The van der Waals surface area contributed by atoms with Crippen LogP contribution in [0, 0.1) is 17.8 Å². The number of hydrogen-bond acceptors (Lipinski definition) is 2. The Morgan fingerprint density at radius 1 is 1.23 bits per heavy atom. The van der Waals surface area contributed by atoms with Crippen LogP contribution in [-0.2, 0) is 0 Å². The van der Waals surface area contributed by atoms with Crippen molar-refractivity contribution in [3.63, 3.8) is 0 Å². The van der Waals surface area contributed by atoms with Crippen molar-refractivity contribution in [1.29, 1.82) is 0 Å². The van der Waals surface area contributed by atoms with Crippen LogP contribution in [0.25, 0.3) is 0 Å². The normalized spacial score (nSPS) is 30.7. The van der Waals surface area contributed by atoms with Gasteiger partial charge in [0.1, 0.15) is 0 Å². The van der Waals surface area contributed by atoms with Crippen molar-refractivity contribution < 1.29 is 5.11 Å². The van der Waals surface area contributed by atoms with E-state index in [2.05, 4.69) is 11.8 Å². The molecule has 2 aliphatic rings. The molecule has 13 heavy (non-hydrogen) atoms. The lowest BCUT2D eigenvalue weighted by atomic mass is 9.84. The summed E-state index contributed by atoms with van der Waals surface area (Å²) in [6.45, 7) is 0.392. The average molecular weight is 200 g/mol. The summed E-state index contributed by atoms with van der Waals surface area (Å²) in [6, 6.07) is 0. The van der Waals surface area contributed by atoms with Gasteiger partial charge in [-0.1, -0.05) is 0 Å². The van der Waals surface area contributed by atoms with E-state index in [4.69, 9.17) is 5.11 Å². The standard InChI is InChI=1S/C11H20OS/c12-6-1-2-11(9-3-4-9)10-5-7-13-8-10/h9-12H,1-8H2. The van der Waals surface area contributed by atoms with Crippen molar-refractivity contribution in [3.05, 3.63) is 0 Å². The van der Waals surface area contributed by atoms with Crippen molar-refractivity contribution in [1.82, 2.24) is 0 Å². The first-order valence-corrected chi connectivity index (χ1v) is 6.76. The Hall–Kier alpha value is 0.310. The van der Waals surface area contributed by atoms with E-state index in [1.807, 2.05) is 0 Å². The lowest BCUT2D eigenvalue weighted by Crippen LogP contribution is -2.17. The van der Waals surface area contributed by atoms with E-state index in [-0.39, 0.29) is 0 Å². The Kier molecular flexibility index (Phi) is 3.56. The Morgan fingerprint density at radius 2 is 2.08 bits per heavy atom. The maximum Gasteiger partial charge on any atom is 0.0431 e. The molecule has 2 fully saturated rings. The van der Waals surface area contributed by atoms with Crippen LogP contribution in [0.5, 0.6) is 0 Å². The molecule has 1 heterocycles. The summed E-state index contributed by atoms with van der Waals surface area (Å²) in [7, 11) is 0. The predicted molar refractivity (Wildman–Crippen MR) is 58.0 cm³/mol. The Morgan fingerprint density at radius 3 is 2.62 bits per heavy atom. The first-order valence-electron chi connectivity index (χ1n) is 5.60. The van der Waals surface area contributed by atoms with Crippen LogP contribution in [0.15, 0.2) is 0 Å². The fourth-order valence-corrected chi connectivity index (χ4v) is 3.95. The number of hydrogen-bond donors (Lipinski definition) is 1. The second kappa shape index (κ2) is 4.70. The zero-order chi connectivity index (χ0) is 9.10. The third-order valence-electron chi connectivity index (χ3n) is 3.49. The predicted octanol–water partition coefficient (Wildman–Crippen LogP) is 2.54. The van der Waals surface area contributed by atoms with Gasteiger partial charge in [0, 0.05) is 6.61 Å². The van der Waals surface area contributed by atoms with Crippen molar-refractivity contribution in [2.24, 2.45) is 17.8 Å². The third kappa shape index (κ3) is 2.63. The van der Waals surface area contributed by atoms with E-state index < -0.39 is 0 Å². The van der Waals surface area contributed by atoms with Crippen LogP contribution in [0.4, 0.5) is 0 Å². The zero-order valence-corrected chi connectivity index (χ0v) is 9.06. The molecule has 0 radical (unpaired) electrons. The summed E-state index contributed by atoms with van der Waals surface area (Å²) in [5, 5.41) is 8.85. The molecule has 1 aliphatic heterocycles. The molecule has 0 spiro atoms. The molecule has 76 valence electrons. The summed E-state index contributed by atoms with van der Waals surface area (Å²) in [5.74, 6) is 5.76. The second-order valence-corrected chi connectivity index (χ2v) is 5.64. The van der Waals surface area contributed by atoms with Crippen LogP contribution in [0.1, 0.15) is 32.1 Å². The largest absolute Gasteiger partial charge is 0.396 e. The molecule has 2 heteroatoms. The third-order valence-corrected chi connectivity index (χ3v) is 4.68. The fraction of sp³-hybridized carbons (Fsp3) is 1.00. The summed E-state index contributed by atoms with van der Waals surface area (Å²) in [4.78, 5) is 0. The molecule has 1 saturated carbocycles. The van der Waals surface area contributed by atoms with Gasteiger partial charge in [-0.15, -0.1) is 0 Å². The summed E-state index contributed by atoms with van der Waals surface area (Å²) in [5.41, 5.74) is 0. The van der Waals surface area contributed by atoms with Crippen molar-refractivity contribution in [2.45, 2.75) is 32.1 Å². The Bertz CT molecular complexity index is 150. The van der Waals surface area contributed by atoms with Crippen molar-refractivity contribution in [2.75, 3.05) is 18.1 Å². The molecule has 0 aromatic carbocycles. The average Bonchev–Trinajstić information content (AvgIpc) is 2.82. The second-order valence-electron chi connectivity index (χ2n) is 4.49. The summed E-state index contributed by atoms with van der Waals surface area (Å²) < 4.78 is 0. The molecule has 0 bridgehead atoms. The summed E-state index contributed by atoms with van der Waals surface area (Å²) >= 11 is 2.13. The topological polar surface area (TPSA) is 20.2 Å². The Labute approximate surface area is 85.3 Å². The molecule has 1 aliphatic carbocycles. The van der Waals surface area contributed by atoms with Gasteiger partial charge in [-0.05, 0) is 61.4 Å². The molecule has 0 amide bonds. The van der Waals surface area contributed by atoms with E-state index >= 15 is 0 Å². The van der Waals surface area contributed by atoms with Crippen molar-refractivity contribution >= 4 is 11.8 Å². The van der Waals surface area contributed by atoms with Gasteiger partial charge in [-0.25, -0.2) is 0 Å². The van der Waals surface area contributed by atoms with E-state index in [1.54, 1.807) is 0 Å². The van der Waals surface area contributed by atoms with Crippen molar-refractivity contribution in [3.8, 4) is 0 Å². The first-order chi connectivity index (χ1) is 6.42. The lowest BCUT2D eigenvalue weighted by Gasteiger charge is -2.22. The minimum Gasteiger partial charge on any atom is -0.396 e. The van der Waals surface area contributed by atoms with Gasteiger partial charge in [0.05, 0.1) is 0 Å². The van der Waals surface area contributed by atoms with Gasteiger partial charge in [-0.2, -0.15) is 11.8 Å². The molecule has 1 nitrogen and oxygen atoms in total. The highest BCUT2D eigenvalue weighted by molar-refractivity contribution is 7.99. The molecule has 1 saturated heterocycles. The van der Waals surface area contributed by atoms with Gasteiger partial charge >= 0.3 is 0 Å². The highest BCUT2D eigenvalue weighted by Gasteiger charge is 2.36. The molecule has 2 rings (SSSR count). The lowest BCUT2D eigenvalue weighted by molar-refractivity contribution is 0.238. The van der Waals surface area contributed by atoms with Gasteiger partial charge in [0.15, 0.2) is 0 Å². The smallest absolute Gasteiger partial charge is 0.0431 e. The molecule has 2 unspecified atom stereocenters. The number of aliphatic hydroxyl groups is 1. The Balaban J connectivity index is 1.80. The SMILES string of the molecule is OCCCC(C1CC1)C1CCSC1. The highest BCUT2D eigenvalue weighted by atomic mass is 32.2. The van der Waals surface area contributed by atoms with Gasteiger partial charge in [0.2, 0.25) is 0 Å².